The summed E-state index contributed by atoms with van der Waals surface area (Å²) in [7, 11) is 4.07. The largest absolute Gasteiger partial charge is 0.381 e. The Hall–Kier alpha value is -2.93. The van der Waals surface area contributed by atoms with E-state index in [4.69, 9.17) is 9.84 Å². The van der Waals surface area contributed by atoms with Gasteiger partial charge in [-0.05, 0) is 37.1 Å². The van der Waals surface area contributed by atoms with Gasteiger partial charge in [-0.25, -0.2) is 9.50 Å². The first-order chi connectivity index (χ1) is 13.2. The van der Waals surface area contributed by atoms with Crippen molar-refractivity contribution >= 4 is 22.4 Å². The van der Waals surface area contributed by atoms with Crippen LogP contribution in [0.1, 0.15) is 12.8 Å². The highest BCUT2D eigenvalue weighted by Gasteiger charge is 2.20. The van der Waals surface area contributed by atoms with Crippen LogP contribution in [0.5, 0.6) is 0 Å². The Morgan fingerprint density at radius 1 is 1.11 bits per heavy atom. The van der Waals surface area contributed by atoms with Crippen molar-refractivity contribution in [2.45, 2.75) is 18.9 Å². The number of fused-ring (bicyclic) bond motifs is 2. The minimum atomic E-state index is 0.461. The van der Waals surface area contributed by atoms with E-state index in [1.165, 1.54) is 0 Å². The molecule has 0 N–H and O–H groups in total. The first kappa shape index (κ1) is 16.3. The third-order valence-electron chi connectivity index (χ3n) is 5.49. The molecule has 0 saturated carbocycles. The summed E-state index contributed by atoms with van der Waals surface area (Å²) in [6, 6.07) is 10.9. The van der Waals surface area contributed by atoms with Gasteiger partial charge < -0.3 is 9.64 Å². The monoisotopic (exact) mass is 362 g/mol. The maximum Gasteiger partial charge on any atom is 0.154 e. The van der Waals surface area contributed by atoms with Crippen LogP contribution in [0.2, 0.25) is 0 Å². The third-order valence-corrected chi connectivity index (χ3v) is 5.49. The molecule has 0 unspecified atom stereocenters. The number of nitrogens with zero attached hydrogens (tertiary/aromatic N) is 6. The first-order valence-corrected chi connectivity index (χ1v) is 9.28. The number of imidazole rings is 1. The van der Waals surface area contributed by atoms with Crippen LogP contribution in [-0.2, 0) is 11.8 Å². The Labute approximate surface area is 157 Å². The number of hydrogen-bond donors (Lipinski definition) is 0. The molecule has 0 aliphatic carbocycles. The van der Waals surface area contributed by atoms with Crippen LogP contribution in [0.15, 0.2) is 42.7 Å². The molecule has 1 fully saturated rings. The van der Waals surface area contributed by atoms with Gasteiger partial charge >= 0.3 is 0 Å². The molecule has 7 heteroatoms. The van der Waals surface area contributed by atoms with Gasteiger partial charge in [0.2, 0.25) is 0 Å². The van der Waals surface area contributed by atoms with Crippen molar-refractivity contribution < 1.29 is 4.74 Å². The summed E-state index contributed by atoms with van der Waals surface area (Å²) in [6.45, 7) is 1.64. The fraction of sp³-hybridized carbons (Fsp3) is 0.350. The average Bonchev–Trinajstić information content (AvgIpc) is 3.31. The zero-order valence-electron chi connectivity index (χ0n) is 15.5. The second kappa shape index (κ2) is 6.35. The van der Waals surface area contributed by atoms with Gasteiger partial charge in [-0.3, -0.25) is 4.68 Å². The maximum absolute atomic E-state index is 5.49. The molecule has 0 amide bonds. The van der Waals surface area contributed by atoms with Crippen LogP contribution >= 0.6 is 0 Å². The summed E-state index contributed by atoms with van der Waals surface area (Å²) >= 11 is 0. The standard InChI is InChI=1S/C20H22N6O/c1-24(16-7-9-27-10-8-16)20-6-5-19-21-13-18(26(19)23-20)14-3-4-17-15(11-14)12-22-25(17)2/h3-6,11-13,16H,7-10H2,1-2H3. The summed E-state index contributed by atoms with van der Waals surface area (Å²) in [4.78, 5) is 6.79. The highest BCUT2D eigenvalue weighted by molar-refractivity contribution is 5.84. The quantitative estimate of drug-likeness (QED) is 0.561. The summed E-state index contributed by atoms with van der Waals surface area (Å²) < 4.78 is 9.30. The first-order valence-electron chi connectivity index (χ1n) is 9.28. The molecule has 0 spiro atoms. The number of benzene rings is 1. The Morgan fingerprint density at radius 3 is 2.81 bits per heavy atom. The van der Waals surface area contributed by atoms with Crippen LogP contribution in [0.3, 0.4) is 0 Å². The van der Waals surface area contributed by atoms with Crippen molar-refractivity contribution in [2.24, 2.45) is 7.05 Å². The van der Waals surface area contributed by atoms with Crippen molar-refractivity contribution in [1.82, 2.24) is 24.4 Å². The average molecular weight is 362 g/mol. The lowest BCUT2D eigenvalue weighted by Gasteiger charge is -2.31. The SMILES string of the molecule is CN(c1ccc2ncc(-c3ccc4c(cnn4C)c3)n2n1)C1CCOCC1. The molecule has 4 aromatic rings. The molecule has 0 bridgehead atoms. The molecule has 1 aliphatic heterocycles. The van der Waals surface area contributed by atoms with E-state index >= 15 is 0 Å². The van der Waals surface area contributed by atoms with Crippen molar-refractivity contribution in [3.63, 3.8) is 0 Å². The van der Waals surface area contributed by atoms with E-state index in [2.05, 4.69) is 40.2 Å². The molecule has 4 heterocycles. The van der Waals surface area contributed by atoms with Crippen molar-refractivity contribution in [3.05, 3.63) is 42.7 Å². The van der Waals surface area contributed by atoms with Crippen molar-refractivity contribution in [1.29, 1.82) is 0 Å². The predicted molar refractivity (Wildman–Crippen MR) is 105 cm³/mol. The zero-order valence-corrected chi connectivity index (χ0v) is 15.5. The van der Waals surface area contributed by atoms with Gasteiger partial charge in [0.1, 0.15) is 5.82 Å². The van der Waals surface area contributed by atoms with Crippen LogP contribution in [0.4, 0.5) is 5.82 Å². The number of ether oxygens (including phenoxy) is 1. The molecule has 0 radical (unpaired) electrons. The highest BCUT2D eigenvalue weighted by Crippen LogP contribution is 2.26. The van der Waals surface area contributed by atoms with Gasteiger partial charge in [0.25, 0.3) is 0 Å². The van der Waals surface area contributed by atoms with Gasteiger partial charge in [-0.1, -0.05) is 6.07 Å². The molecular formula is C20H22N6O. The van der Waals surface area contributed by atoms with E-state index in [-0.39, 0.29) is 0 Å². The molecule has 0 atom stereocenters. The summed E-state index contributed by atoms with van der Waals surface area (Å²) in [5.41, 5.74) is 4.03. The minimum absolute atomic E-state index is 0.461. The second-order valence-electron chi connectivity index (χ2n) is 7.10. The lowest BCUT2D eigenvalue weighted by Crippen LogP contribution is -2.37. The normalized spacial score (nSPS) is 15.6. The number of aryl methyl sites for hydroxylation is 1. The molecule has 1 aromatic carbocycles. The van der Waals surface area contributed by atoms with Crippen molar-refractivity contribution in [3.8, 4) is 11.3 Å². The van der Waals surface area contributed by atoms with Gasteiger partial charge in [0.05, 0.1) is 23.6 Å². The number of hydrogen-bond acceptors (Lipinski definition) is 5. The van der Waals surface area contributed by atoms with Gasteiger partial charge in [0, 0.05) is 44.3 Å². The molecule has 1 aliphatic rings. The molecule has 3 aromatic heterocycles. The second-order valence-corrected chi connectivity index (χ2v) is 7.10. The van der Waals surface area contributed by atoms with E-state index in [1.54, 1.807) is 0 Å². The number of anilines is 1. The van der Waals surface area contributed by atoms with Crippen LogP contribution in [0.25, 0.3) is 27.8 Å². The zero-order chi connectivity index (χ0) is 18.4. The van der Waals surface area contributed by atoms with E-state index in [0.717, 1.165) is 59.7 Å². The fourth-order valence-corrected chi connectivity index (χ4v) is 3.83. The van der Waals surface area contributed by atoms with E-state index in [0.29, 0.717) is 6.04 Å². The molecule has 1 saturated heterocycles. The summed E-state index contributed by atoms with van der Waals surface area (Å²) in [5, 5.41) is 10.3. The lowest BCUT2D eigenvalue weighted by atomic mass is 10.1. The topological polar surface area (TPSA) is 60.5 Å². The summed E-state index contributed by atoms with van der Waals surface area (Å²) in [6.07, 6.45) is 5.84. The number of aromatic nitrogens is 5. The lowest BCUT2D eigenvalue weighted by molar-refractivity contribution is 0.0853. The van der Waals surface area contributed by atoms with Crippen molar-refractivity contribution in [2.75, 3.05) is 25.2 Å². The van der Waals surface area contributed by atoms with Gasteiger partial charge in [-0.2, -0.15) is 5.10 Å². The summed E-state index contributed by atoms with van der Waals surface area (Å²) in [5.74, 6) is 0.955. The molecular weight excluding hydrogens is 340 g/mol. The molecule has 7 nitrogen and oxygen atoms in total. The Balaban J connectivity index is 1.56. The smallest absolute Gasteiger partial charge is 0.154 e. The predicted octanol–water partition coefficient (Wildman–Crippen LogP) is 2.90. The van der Waals surface area contributed by atoms with Gasteiger partial charge in [-0.15, -0.1) is 5.10 Å². The van der Waals surface area contributed by atoms with Crippen LogP contribution in [0, 0.1) is 0 Å². The third kappa shape index (κ3) is 2.75. The molecule has 138 valence electrons. The Kier molecular flexibility index (Phi) is 3.82. The van der Waals surface area contributed by atoms with Crippen LogP contribution in [-0.4, -0.2) is 50.7 Å². The number of rotatable bonds is 3. The maximum atomic E-state index is 5.49. The minimum Gasteiger partial charge on any atom is -0.381 e. The fourth-order valence-electron chi connectivity index (χ4n) is 3.83. The molecule has 5 rings (SSSR count). The molecule has 27 heavy (non-hydrogen) atoms. The van der Waals surface area contributed by atoms with E-state index in [9.17, 15) is 0 Å². The van der Waals surface area contributed by atoms with E-state index in [1.807, 2.05) is 40.8 Å². The highest BCUT2D eigenvalue weighted by atomic mass is 16.5. The Morgan fingerprint density at radius 2 is 1.96 bits per heavy atom. The van der Waals surface area contributed by atoms with E-state index < -0.39 is 0 Å². The van der Waals surface area contributed by atoms with Crippen LogP contribution < -0.4 is 4.90 Å². The van der Waals surface area contributed by atoms with Gasteiger partial charge in [0.15, 0.2) is 5.65 Å². The Bertz CT molecular complexity index is 1110.